The quantitative estimate of drug-likeness (QED) is 0.871. The fraction of sp³-hybridized carbons (Fsp3) is 0.381. The minimum absolute atomic E-state index is 0.138. The number of nitrogens with one attached hydrogen (secondary N) is 1. The number of anilines is 1. The minimum Gasteiger partial charge on any atom is -0.346 e. The molecule has 144 valence electrons. The van der Waals surface area contributed by atoms with Gasteiger partial charge >= 0.3 is 0 Å². The van der Waals surface area contributed by atoms with E-state index >= 15 is 0 Å². The second-order valence-corrected chi connectivity index (χ2v) is 9.21. The van der Waals surface area contributed by atoms with E-state index in [-0.39, 0.29) is 17.7 Å². The molecular weight excluding hydrogens is 360 g/mol. The monoisotopic (exact) mass is 386 g/mol. The van der Waals surface area contributed by atoms with Crippen molar-refractivity contribution in [2.75, 3.05) is 16.6 Å². The lowest BCUT2D eigenvalue weighted by Gasteiger charge is -2.28. The first-order valence-corrected chi connectivity index (χ1v) is 10.9. The summed E-state index contributed by atoms with van der Waals surface area (Å²) in [5, 5.41) is 3.02. The van der Waals surface area contributed by atoms with Crippen molar-refractivity contribution < 1.29 is 13.2 Å². The maximum absolute atomic E-state index is 12.7. The summed E-state index contributed by atoms with van der Waals surface area (Å²) in [6.45, 7) is 6.49. The van der Waals surface area contributed by atoms with Crippen LogP contribution >= 0.6 is 0 Å². The highest BCUT2D eigenvalue weighted by atomic mass is 32.2. The van der Waals surface area contributed by atoms with Crippen LogP contribution in [-0.2, 0) is 10.0 Å². The van der Waals surface area contributed by atoms with Gasteiger partial charge in [-0.1, -0.05) is 29.8 Å². The van der Waals surface area contributed by atoms with E-state index in [4.69, 9.17) is 0 Å². The van der Waals surface area contributed by atoms with Crippen LogP contribution in [0.2, 0.25) is 0 Å². The maximum atomic E-state index is 12.7. The van der Waals surface area contributed by atoms with Crippen molar-refractivity contribution in [3.63, 3.8) is 0 Å². The third kappa shape index (κ3) is 4.33. The van der Waals surface area contributed by atoms with Gasteiger partial charge in [0.2, 0.25) is 10.0 Å². The summed E-state index contributed by atoms with van der Waals surface area (Å²) >= 11 is 0. The Hall–Kier alpha value is -2.34. The van der Waals surface area contributed by atoms with E-state index in [9.17, 15) is 13.2 Å². The molecule has 1 amide bonds. The van der Waals surface area contributed by atoms with Gasteiger partial charge in [0.25, 0.3) is 5.91 Å². The molecule has 0 aliphatic carbocycles. The summed E-state index contributed by atoms with van der Waals surface area (Å²) in [5.74, 6) is -0.0496. The Morgan fingerprint density at radius 1 is 1.11 bits per heavy atom. The minimum atomic E-state index is -3.29. The van der Waals surface area contributed by atoms with Gasteiger partial charge in [-0.15, -0.1) is 0 Å². The van der Waals surface area contributed by atoms with Gasteiger partial charge in [-0.05, 0) is 62.9 Å². The van der Waals surface area contributed by atoms with Crippen LogP contribution in [0.5, 0.6) is 0 Å². The second-order valence-electron chi connectivity index (χ2n) is 7.20. The summed E-state index contributed by atoms with van der Waals surface area (Å²) in [6.07, 6.45) is 1.52. The average Bonchev–Trinajstić information content (AvgIpc) is 2.61. The van der Waals surface area contributed by atoms with Crippen LogP contribution in [0.1, 0.15) is 52.9 Å². The molecule has 1 aliphatic heterocycles. The predicted octanol–water partition coefficient (Wildman–Crippen LogP) is 3.72. The van der Waals surface area contributed by atoms with Crippen LogP contribution in [0, 0.1) is 13.8 Å². The SMILES string of the molecule is Cc1ccc([C@H](C)NC(=O)c2cccc(N3CCCCS3(=O)=O)c2)c(C)c1. The summed E-state index contributed by atoms with van der Waals surface area (Å²) in [5.41, 5.74) is 4.41. The fourth-order valence-corrected chi connectivity index (χ4v) is 5.18. The number of rotatable bonds is 4. The molecule has 1 N–H and O–H groups in total. The molecule has 0 aromatic heterocycles. The molecule has 0 spiro atoms. The number of nitrogens with zero attached hydrogens (tertiary/aromatic N) is 1. The molecule has 0 radical (unpaired) electrons. The highest BCUT2D eigenvalue weighted by molar-refractivity contribution is 7.92. The molecule has 27 heavy (non-hydrogen) atoms. The molecule has 1 aliphatic rings. The van der Waals surface area contributed by atoms with Crippen LogP contribution in [0.4, 0.5) is 5.69 Å². The van der Waals surface area contributed by atoms with Crippen molar-refractivity contribution >= 4 is 21.6 Å². The van der Waals surface area contributed by atoms with Crippen molar-refractivity contribution in [1.82, 2.24) is 5.32 Å². The Bertz CT molecular complexity index is 954. The lowest BCUT2D eigenvalue weighted by Crippen LogP contribution is -2.38. The van der Waals surface area contributed by atoms with Gasteiger partial charge in [0.15, 0.2) is 0 Å². The number of sulfonamides is 1. The van der Waals surface area contributed by atoms with Crippen LogP contribution < -0.4 is 9.62 Å². The third-order valence-corrected chi connectivity index (χ3v) is 6.85. The Morgan fingerprint density at radius 2 is 1.89 bits per heavy atom. The van der Waals surface area contributed by atoms with Crippen molar-refractivity contribution in [3.05, 3.63) is 64.7 Å². The molecule has 1 saturated heterocycles. The van der Waals surface area contributed by atoms with E-state index in [0.717, 1.165) is 17.5 Å². The van der Waals surface area contributed by atoms with Gasteiger partial charge < -0.3 is 5.32 Å². The number of amides is 1. The number of aryl methyl sites for hydroxylation is 2. The summed E-state index contributed by atoms with van der Waals surface area (Å²) < 4.78 is 26.1. The molecule has 3 rings (SSSR count). The summed E-state index contributed by atoms with van der Waals surface area (Å²) in [4.78, 5) is 12.7. The molecule has 0 bridgehead atoms. The molecule has 0 unspecified atom stereocenters. The van der Waals surface area contributed by atoms with Crippen molar-refractivity contribution in [3.8, 4) is 0 Å². The van der Waals surface area contributed by atoms with Crippen LogP contribution in [0.25, 0.3) is 0 Å². The van der Waals surface area contributed by atoms with E-state index < -0.39 is 10.0 Å². The van der Waals surface area contributed by atoms with Gasteiger partial charge in [0.1, 0.15) is 0 Å². The van der Waals surface area contributed by atoms with E-state index in [2.05, 4.69) is 11.4 Å². The Balaban J connectivity index is 1.79. The molecular formula is C21H26N2O3S. The predicted molar refractivity (Wildman–Crippen MR) is 109 cm³/mol. The number of carbonyl (C=O) groups excluding carboxylic acids is 1. The zero-order chi connectivity index (χ0) is 19.6. The molecule has 6 heteroatoms. The topological polar surface area (TPSA) is 66.5 Å². The smallest absolute Gasteiger partial charge is 0.251 e. The van der Waals surface area contributed by atoms with Crippen molar-refractivity contribution in [2.45, 2.75) is 39.7 Å². The molecule has 2 aromatic carbocycles. The van der Waals surface area contributed by atoms with E-state index in [1.807, 2.05) is 32.9 Å². The number of hydrogen-bond donors (Lipinski definition) is 1. The van der Waals surface area contributed by atoms with E-state index in [0.29, 0.717) is 24.2 Å². The molecule has 5 nitrogen and oxygen atoms in total. The summed E-state index contributed by atoms with van der Waals surface area (Å²) in [6, 6.07) is 12.9. The third-order valence-electron chi connectivity index (χ3n) is 4.99. The number of hydrogen-bond acceptors (Lipinski definition) is 3. The highest BCUT2D eigenvalue weighted by Gasteiger charge is 2.26. The van der Waals surface area contributed by atoms with Gasteiger partial charge in [0.05, 0.1) is 17.5 Å². The Morgan fingerprint density at radius 3 is 2.59 bits per heavy atom. The molecule has 1 atom stereocenters. The van der Waals surface area contributed by atoms with Gasteiger partial charge in [-0.25, -0.2) is 8.42 Å². The van der Waals surface area contributed by atoms with Gasteiger partial charge in [-0.3, -0.25) is 9.10 Å². The molecule has 1 heterocycles. The first-order chi connectivity index (χ1) is 12.8. The number of carbonyl (C=O) groups is 1. The first-order valence-electron chi connectivity index (χ1n) is 9.26. The van der Waals surface area contributed by atoms with Gasteiger partial charge in [0, 0.05) is 12.1 Å². The van der Waals surface area contributed by atoms with Crippen LogP contribution in [0.15, 0.2) is 42.5 Å². The maximum Gasteiger partial charge on any atom is 0.251 e. The van der Waals surface area contributed by atoms with Crippen molar-refractivity contribution in [1.29, 1.82) is 0 Å². The number of benzene rings is 2. The van der Waals surface area contributed by atoms with Gasteiger partial charge in [-0.2, -0.15) is 0 Å². The van der Waals surface area contributed by atoms with E-state index in [1.54, 1.807) is 24.3 Å². The molecule has 2 aromatic rings. The van der Waals surface area contributed by atoms with Crippen molar-refractivity contribution in [2.24, 2.45) is 0 Å². The van der Waals surface area contributed by atoms with Crippen LogP contribution in [-0.4, -0.2) is 26.6 Å². The average molecular weight is 387 g/mol. The zero-order valence-corrected chi connectivity index (χ0v) is 16.8. The molecule has 0 saturated carbocycles. The van der Waals surface area contributed by atoms with Crippen LogP contribution in [0.3, 0.4) is 0 Å². The zero-order valence-electron chi connectivity index (χ0n) is 16.0. The fourth-order valence-electron chi connectivity index (χ4n) is 3.55. The lowest BCUT2D eigenvalue weighted by atomic mass is 10.00. The Kier molecular flexibility index (Phi) is 5.56. The highest BCUT2D eigenvalue weighted by Crippen LogP contribution is 2.25. The summed E-state index contributed by atoms with van der Waals surface area (Å²) in [7, 11) is -3.29. The van der Waals surface area contributed by atoms with E-state index in [1.165, 1.54) is 9.87 Å². The second kappa shape index (κ2) is 7.72. The Labute approximate surface area is 161 Å². The largest absolute Gasteiger partial charge is 0.346 e. The normalized spacial score (nSPS) is 17.4. The standard InChI is InChI=1S/C21H26N2O3S/c1-15-9-10-20(16(2)13-15)17(3)22-21(24)18-7-6-8-19(14-18)23-11-4-5-12-27(23,25)26/h6-10,13-14,17H,4-5,11-12H2,1-3H3,(H,22,24)/t17-/m0/s1. The first kappa shape index (κ1) is 19.4. The molecule has 1 fully saturated rings. The lowest BCUT2D eigenvalue weighted by molar-refractivity contribution is 0.0940.